The van der Waals surface area contributed by atoms with Crippen LogP contribution in [-0.4, -0.2) is 27.1 Å². The van der Waals surface area contributed by atoms with Gasteiger partial charge in [-0.25, -0.2) is 4.79 Å². The van der Waals surface area contributed by atoms with Crippen LogP contribution < -0.4 is 0 Å². The summed E-state index contributed by atoms with van der Waals surface area (Å²) in [7, 11) is 1.55. The molecule has 0 aliphatic rings. The summed E-state index contributed by atoms with van der Waals surface area (Å²) in [6.45, 7) is 0. The van der Waals surface area contributed by atoms with Crippen molar-refractivity contribution in [3.8, 4) is 11.1 Å². The maximum absolute atomic E-state index is 11.1. The quantitative estimate of drug-likeness (QED) is 0.813. The molecule has 17 heavy (non-hydrogen) atoms. The van der Waals surface area contributed by atoms with Gasteiger partial charge in [0, 0.05) is 18.2 Å². The lowest BCUT2D eigenvalue weighted by molar-refractivity contribution is 0.0685. The molecule has 0 fully saturated rings. The van der Waals surface area contributed by atoms with Crippen LogP contribution in [0.15, 0.2) is 30.5 Å². The summed E-state index contributed by atoms with van der Waals surface area (Å²) in [6, 6.07) is 6.82. The fourth-order valence-corrected chi connectivity index (χ4v) is 1.73. The van der Waals surface area contributed by atoms with Crippen LogP contribution in [0.3, 0.4) is 0 Å². The van der Waals surface area contributed by atoms with E-state index in [4.69, 9.17) is 5.11 Å². The van der Waals surface area contributed by atoms with Crippen molar-refractivity contribution in [2.45, 2.75) is 0 Å². The number of aromatic carboxylic acids is 1. The first-order valence-corrected chi connectivity index (χ1v) is 4.95. The van der Waals surface area contributed by atoms with Crippen molar-refractivity contribution in [2.75, 3.05) is 0 Å². The number of carbonyl (C=O) groups excluding carboxylic acids is 1. The second-order valence-electron chi connectivity index (χ2n) is 3.54. The second kappa shape index (κ2) is 4.21. The normalized spacial score (nSPS) is 10.2. The molecule has 1 aromatic heterocycles. The SMILES string of the molecule is Cn1ncc(-c2ccccc2C=O)c1C(=O)O. The highest BCUT2D eigenvalue weighted by molar-refractivity contribution is 5.97. The number of carboxylic acids is 1. The number of aldehydes is 1. The van der Waals surface area contributed by atoms with Crippen LogP contribution in [0.25, 0.3) is 11.1 Å². The molecule has 0 amide bonds. The first-order chi connectivity index (χ1) is 8.15. The Labute approximate surface area is 97.3 Å². The van der Waals surface area contributed by atoms with Crippen LogP contribution in [0.1, 0.15) is 20.8 Å². The Morgan fingerprint density at radius 3 is 2.71 bits per heavy atom. The van der Waals surface area contributed by atoms with Crippen molar-refractivity contribution in [3.63, 3.8) is 0 Å². The van der Waals surface area contributed by atoms with Crippen molar-refractivity contribution in [1.82, 2.24) is 9.78 Å². The van der Waals surface area contributed by atoms with Gasteiger partial charge >= 0.3 is 5.97 Å². The minimum atomic E-state index is -1.07. The smallest absolute Gasteiger partial charge is 0.354 e. The highest BCUT2D eigenvalue weighted by atomic mass is 16.4. The number of hydrogen-bond donors (Lipinski definition) is 1. The van der Waals surface area contributed by atoms with Crippen molar-refractivity contribution < 1.29 is 14.7 Å². The maximum Gasteiger partial charge on any atom is 0.354 e. The molecule has 0 radical (unpaired) electrons. The summed E-state index contributed by atoms with van der Waals surface area (Å²) in [5.41, 5.74) is 1.54. The molecule has 1 heterocycles. The lowest BCUT2D eigenvalue weighted by Gasteiger charge is -2.04. The molecule has 5 heteroatoms. The third-order valence-electron chi connectivity index (χ3n) is 2.52. The highest BCUT2D eigenvalue weighted by Crippen LogP contribution is 2.25. The van der Waals surface area contributed by atoms with Gasteiger partial charge in [0.05, 0.1) is 6.20 Å². The molecule has 2 aromatic rings. The largest absolute Gasteiger partial charge is 0.477 e. The molecular weight excluding hydrogens is 220 g/mol. The third kappa shape index (κ3) is 1.82. The van der Waals surface area contributed by atoms with E-state index in [1.54, 1.807) is 31.3 Å². The molecule has 2 rings (SSSR count). The van der Waals surface area contributed by atoms with E-state index in [0.29, 0.717) is 23.0 Å². The summed E-state index contributed by atoms with van der Waals surface area (Å²) in [5.74, 6) is -1.07. The Morgan fingerprint density at radius 1 is 1.35 bits per heavy atom. The van der Waals surface area contributed by atoms with Gasteiger partial charge in [-0.3, -0.25) is 9.48 Å². The number of carboxylic acid groups (broad SMARTS) is 1. The van der Waals surface area contributed by atoms with E-state index >= 15 is 0 Å². The minimum Gasteiger partial charge on any atom is -0.477 e. The van der Waals surface area contributed by atoms with E-state index in [1.165, 1.54) is 10.9 Å². The first kappa shape index (κ1) is 11.1. The fraction of sp³-hybridized carbons (Fsp3) is 0.0833. The van der Waals surface area contributed by atoms with Gasteiger partial charge in [0.25, 0.3) is 0 Å². The molecule has 0 saturated heterocycles. The number of benzene rings is 1. The lowest BCUT2D eigenvalue weighted by Crippen LogP contribution is -2.07. The first-order valence-electron chi connectivity index (χ1n) is 4.95. The lowest BCUT2D eigenvalue weighted by atomic mass is 10.0. The fourth-order valence-electron chi connectivity index (χ4n) is 1.73. The number of aryl methyl sites for hydroxylation is 1. The van der Waals surface area contributed by atoms with Gasteiger partial charge in [0.1, 0.15) is 0 Å². The standard InChI is InChI=1S/C12H10N2O3/c1-14-11(12(16)17)10(6-13-14)9-5-3-2-4-8(9)7-15/h2-7H,1H3,(H,16,17). The molecule has 0 spiro atoms. The monoisotopic (exact) mass is 230 g/mol. The van der Waals surface area contributed by atoms with Crippen molar-refractivity contribution >= 4 is 12.3 Å². The molecule has 0 atom stereocenters. The van der Waals surface area contributed by atoms with E-state index in [0.717, 1.165) is 0 Å². The zero-order valence-corrected chi connectivity index (χ0v) is 9.12. The topological polar surface area (TPSA) is 72.2 Å². The summed E-state index contributed by atoms with van der Waals surface area (Å²) in [5, 5.41) is 13.0. The zero-order valence-electron chi connectivity index (χ0n) is 9.12. The molecule has 0 bridgehead atoms. The van der Waals surface area contributed by atoms with Gasteiger partial charge in [-0.2, -0.15) is 5.10 Å². The van der Waals surface area contributed by atoms with E-state index < -0.39 is 5.97 Å². The molecule has 0 aliphatic heterocycles. The van der Waals surface area contributed by atoms with Crippen LogP contribution in [-0.2, 0) is 7.05 Å². The molecular formula is C12H10N2O3. The van der Waals surface area contributed by atoms with Crippen molar-refractivity contribution in [3.05, 3.63) is 41.7 Å². The molecule has 5 nitrogen and oxygen atoms in total. The van der Waals surface area contributed by atoms with E-state index in [2.05, 4.69) is 5.10 Å². The molecule has 0 unspecified atom stereocenters. The molecule has 1 aromatic carbocycles. The molecule has 1 N–H and O–H groups in total. The van der Waals surface area contributed by atoms with Gasteiger partial charge in [0.15, 0.2) is 12.0 Å². The summed E-state index contributed by atoms with van der Waals surface area (Å²) >= 11 is 0. The third-order valence-corrected chi connectivity index (χ3v) is 2.52. The Kier molecular flexibility index (Phi) is 2.74. The van der Waals surface area contributed by atoms with Crippen molar-refractivity contribution in [2.24, 2.45) is 7.05 Å². The highest BCUT2D eigenvalue weighted by Gasteiger charge is 2.18. The average molecular weight is 230 g/mol. The maximum atomic E-state index is 11.1. The van der Waals surface area contributed by atoms with Gasteiger partial charge < -0.3 is 5.11 Å². The number of aromatic nitrogens is 2. The number of rotatable bonds is 3. The number of nitrogens with zero attached hydrogens (tertiary/aromatic N) is 2. The van der Waals surface area contributed by atoms with Crippen molar-refractivity contribution in [1.29, 1.82) is 0 Å². The summed E-state index contributed by atoms with van der Waals surface area (Å²) in [6.07, 6.45) is 2.15. The summed E-state index contributed by atoms with van der Waals surface area (Å²) in [4.78, 5) is 22.0. The number of hydrogen-bond acceptors (Lipinski definition) is 3. The molecule has 0 aliphatic carbocycles. The van der Waals surface area contributed by atoms with Gasteiger partial charge in [0.2, 0.25) is 0 Å². The Morgan fingerprint density at radius 2 is 2.06 bits per heavy atom. The Hall–Kier alpha value is -2.43. The van der Waals surface area contributed by atoms with Gasteiger partial charge in [-0.05, 0) is 5.56 Å². The van der Waals surface area contributed by atoms with Gasteiger partial charge in [-0.15, -0.1) is 0 Å². The zero-order chi connectivity index (χ0) is 12.4. The van der Waals surface area contributed by atoms with E-state index in [-0.39, 0.29) is 5.69 Å². The predicted octanol–water partition coefficient (Wildman–Crippen LogP) is 1.60. The average Bonchev–Trinajstić information content (AvgIpc) is 2.71. The Bertz CT molecular complexity index is 587. The predicted molar refractivity (Wildman–Crippen MR) is 61.0 cm³/mol. The minimum absolute atomic E-state index is 0.0688. The molecule has 0 saturated carbocycles. The van der Waals surface area contributed by atoms with Crippen LogP contribution >= 0.6 is 0 Å². The number of carbonyl (C=O) groups is 2. The van der Waals surface area contributed by atoms with E-state index in [1.807, 2.05) is 0 Å². The second-order valence-corrected chi connectivity index (χ2v) is 3.54. The van der Waals surface area contributed by atoms with Crippen LogP contribution in [0.2, 0.25) is 0 Å². The van der Waals surface area contributed by atoms with Crippen LogP contribution in [0, 0.1) is 0 Å². The molecule has 86 valence electrons. The van der Waals surface area contributed by atoms with Gasteiger partial charge in [-0.1, -0.05) is 24.3 Å². The van der Waals surface area contributed by atoms with Crippen LogP contribution in [0.4, 0.5) is 0 Å². The summed E-state index contributed by atoms with van der Waals surface area (Å²) < 4.78 is 1.28. The Balaban J connectivity index is 2.69. The van der Waals surface area contributed by atoms with Crippen LogP contribution in [0.5, 0.6) is 0 Å². The van der Waals surface area contributed by atoms with E-state index in [9.17, 15) is 9.59 Å².